The van der Waals surface area contributed by atoms with E-state index in [2.05, 4.69) is 10.3 Å². The number of amides is 1. The number of pyridine rings is 1. The average Bonchev–Trinajstić information content (AvgIpc) is 2.98. The molecule has 0 radical (unpaired) electrons. The maximum Gasteiger partial charge on any atom is 0.511 e. The molecular weight excluding hydrogens is 427 g/mol. The van der Waals surface area contributed by atoms with Crippen molar-refractivity contribution in [2.75, 3.05) is 19.8 Å². The third kappa shape index (κ3) is 5.69. The molecule has 8 nitrogen and oxygen atoms in total. The van der Waals surface area contributed by atoms with Gasteiger partial charge < -0.3 is 14.8 Å². The summed E-state index contributed by atoms with van der Waals surface area (Å²) in [5.74, 6) is -0.470. The number of hydrogen-bond acceptors (Lipinski definition) is 6. The number of alkyl halides is 3. The van der Waals surface area contributed by atoms with Gasteiger partial charge in [0.05, 0.1) is 29.9 Å². The Morgan fingerprint density at radius 2 is 2.18 bits per heavy atom. The number of halogens is 4. The quantitative estimate of drug-likeness (QED) is 0.620. The molecule has 0 aliphatic carbocycles. The van der Waals surface area contributed by atoms with Gasteiger partial charge in [-0.3, -0.25) is 4.79 Å². The first-order chi connectivity index (χ1) is 12.8. The summed E-state index contributed by atoms with van der Waals surface area (Å²) in [7, 11) is -5.49. The highest BCUT2D eigenvalue weighted by Gasteiger charge is 2.46. The summed E-state index contributed by atoms with van der Waals surface area (Å²) in [5.41, 5.74) is -5.97. The molecule has 1 aliphatic heterocycles. The van der Waals surface area contributed by atoms with Crippen LogP contribution in [0.5, 0.6) is 5.75 Å². The molecular formula is C15H19ClF3N3O5S. The topological polar surface area (TPSA) is 107 Å². The van der Waals surface area contributed by atoms with Crippen LogP contribution in [0.1, 0.15) is 30.6 Å². The maximum absolute atomic E-state index is 12.5. The molecule has 0 saturated carbocycles. The zero-order valence-corrected chi connectivity index (χ0v) is 16.5. The highest BCUT2D eigenvalue weighted by molar-refractivity contribution is 7.90. The lowest BCUT2D eigenvalue weighted by Crippen LogP contribution is -2.46. The van der Waals surface area contributed by atoms with Crippen molar-refractivity contribution in [3.63, 3.8) is 0 Å². The average molecular weight is 446 g/mol. The van der Waals surface area contributed by atoms with Gasteiger partial charge in [0, 0.05) is 6.61 Å². The van der Waals surface area contributed by atoms with E-state index in [1.165, 1.54) is 23.9 Å². The summed E-state index contributed by atoms with van der Waals surface area (Å²) in [6.45, 7) is 3.44. The van der Waals surface area contributed by atoms with Crippen molar-refractivity contribution < 1.29 is 35.9 Å². The number of aromatic nitrogens is 1. The molecule has 1 saturated heterocycles. The fourth-order valence-electron chi connectivity index (χ4n) is 2.36. The molecule has 0 bridgehead atoms. The van der Waals surface area contributed by atoms with Gasteiger partial charge in [0.2, 0.25) is 0 Å². The fraction of sp³-hybridized carbons (Fsp3) is 0.600. The van der Waals surface area contributed by atoms with Crippen molar-refractivity contribution >= 4 is 27.5 Å². The fourth-order valence-corrected chi connectivity index (χ4v) is 3.28. The Kier molecular flexibility index (Phi) is 6.79. The van der Waals surface area contributed by atoms with E-state index >= 15 is 0 Å². The number of ether oxygens (including phenoxy) is 2. The largest absolute Gasteiger partial charge is 0.511 e. The molecule has 158 valence electrons. The number of nitrogens with zero attached hydrogens (tertiary/aromatic N) is 1. The molecule has 0 spiro atoms. The third-order valence-electron chi connectivity index (χ3n) is 3.85. The maximum atomic E-state index is 12.5. The summed E-state index contributed by atoms with van der Waals surface area (Å²) in [5, 5.41) is 2.71. The number of rotatable bonds is 7. The summed E-state index contributed by atoms with van der Waals surface area (Å²) >= 11 is 5.95. The lowest BCUT2D eigenvalue weighted by molar-refractivity contribution is -0.0451. The number of carbonyl (C=O) groups is 1. The Balaban J connectivity index is 2.02. The van der Waals surface area contributed by atoms with E-state index in [1.807, 2.05) is 6.92 Å². The van der Waals surface area contributed by atoms with Gasteiger partial charge in [-0.25, -0.2) is 18.1 Å². The Bertz CT molecular complexity index is 829. The molecule has 28 heavy (non-hydrogen) atoms. The van der Waals surface area contributed by atoms with E-state index in [0.29, 0.717) is 19.6 Å². The number of carbonyl (C=O) groups excluding carboxylic acids is 1. The van der Waals surface area contributed by atoms with Gasteiger partial charge >= 0.3 is 15.5 Å². The highest BCUT2D eigenvalue weighted by atomic mass is 35.5. The number of nitrogens with one attached hydrogen (secondary N) is 2. The minimum Gasteiger partial charge on any atom is -0.490 e. The lowest BCUT2D eigenvalue weighted by Gasteiger charge is -2.23. The van der Waals surface area contributed by atoms with Gasteiger partial charge in [-0.15, -0.1) is 0 Å². The Hall–Kier alpha value is -1.63. The lowest BCUT2D eigenvalue weighted by atomic mass is 10.0. The van der Waals surface area contributed by atoms with Crippen molar-refractivity contribution in [1.29, 1.82) is 0 Å². The van der Waals surface area contributed by atoms with Crippen LogP contribution in [0.3, 0.4) is 0 Å². The van der Waals surface area contributed by atoms with E-state index < -0.39 is 39.6 Å². The molecule has 0 aromatic carbocycles. The van der Waals surface area contributed by atoms with Gasteiger partial charge in [-0.1, -0.05) is 11.6 Å². The first-order valence-electron chi connectivity index (χ1n) is 8.10. The smallest absolute Gasteiger partial charge is 0.490 e. The minimum absolute atomic E-state index is 0.0100. The molecule has 1 unspecified atom stereocenters. The third-order valence-corrected chi connectivity index (χ3v) is 5.48. The molecule has 1 aliphatic rings. The van der Waals surface area contributed by atoms with Crippen molar-refractivity contribution in [1.82, 2.24) is 15.0 Å². The molecule has 2 rings (SSSR count). The Labute approximate surface area is 164 Å². The van der Waals surface area contributed by atoms with Crippen LogP contribution < -0.4 is 14.8 Å². The van der Waals surface area contributed by atoms with Crippen molar-refractivity contribution in [3.05, 3.63) is 23.0 Å². The van der Waals surface area contributed by atoms with Crippen LogP contribution in [0, 0.1) is 0 Å². The summed E-state index contributed by atoms with van der Waals surface area (Å²) in [4.78, 5) is 16.3. The first-order valence-corrected chi connectivity index (χ1v) is 9.96. The first kappa shape index (κ1) is 22.7. The zero-order valence-electron chi connectivity index (χ0n) is 15.0. The molecule has 1 fully saturated rings. The monoisotopic (exact) mass is 445 g/mol. The second-order valence-corrected chi connectivity index (χ2v) is 8.67. The van der Waals surface area contributed by atoms with Gasteiger partial charge in [0.15, 0.2) is 0 Å². The van der Waals surface area contributed by atoms with Gasteiger partial charge in [0.1, 0.15) is 17.5 Å². The van der Waals surface area contributed by atoms with Crippen LogP contribution in [0.15, 0.2) is 12.3 Å². The molecule has 2 heterocycles. The van der Waals surface area contributed by atoms with E-state index in [-0.39, 0.29) is 16.5 Å². The van der Waals surface area contributed by atoms with Crippen LogP contribution in [0.2, 0.25) is 5.15 Å². The number of hydrogen-bond donors (Lipinski definition) is 2. The van der Waals surface area contributed by atoms with E-state index in [4.69, 9.17) is 21.1 Å². The van der Waals surface area contributed by atoms with Crippen LogP contribution in [0.4, 0.5) is 13.2 Å². The van der Waals surface area contributed by atoms with Crippen molar-refractivity contribution in [2.45, 2.75) is 37.4 Å². The van der Waals surface area contributed by atoms with Crippen LogP contribution in [0.25, 0.3) is 0 Å². The SMILES string of the molecule is C[C@@H](COc1cnc(Cl)c(C(=O)NC2(C)CCOC2)c1)NS(=O)(=O)C(F)(F)F. The number of sulfonamides is 1. The van der Waals surface area contributed by atoms with Crippen LogP contribution in [-0.4, -0.2) is 56.2 Å². The van der Waals surface area contributed by atoms with E-state index in [1.54, 1.807) is 0 Å². The predicted octanol–water partition coefficient (Wildman–Crippen LogP) is 1.85. The van der Waals surface area contributed by atoms with Crippen LogP contribution >= 0.6 is 11.6 Å². The van der Waals surface area contributed by atoms with Gasteiger partial charge in [0.25, 0.3) is 5.91 Å². The standard InChI is InChI=1S/C15H19ClF3N3O5S/c1-9(22-28(24,25)15(17,18)19)7-27-10-5-11(12(16)20-6-10)13(23)21-14(2)3-4-26-8-14/h5-6,9,22H,3-4,7-8H2,1-2H3,(H,21,23)/t9-,14?/m0/s1. The molecule has 1 aromatic rings. The van der Waals surface area contributed by atoms with Crippen molar-refractivity contribution in [2.24, 2.45) is 0 Å². The Morgan fingerprint density at radius 3 is 2.75 bits per heavy atom. The predicted molar refractivity (Wildman–Crippen MR) is 93.6 cm³/mol. The van der Waals surface area contributed by atoms with E-state index in [9.17, 15) is 26.4 Å². The molecule has 1 amide bonds. The van der Waals surface area contributed by atoms with Crippen LogP contribution in [-0.2, 0) is 14.8 Å². The summed E-state index contributed by atoms with van der Waals surface area (Å²) in [6.07, 6.45) is 1.79. The molecule has 1 aromatic heterocycles. The minimum atomic E-state index is -5.49. The second-order valence-electron chi connectivity index (χ2n) is 6.61. The molecule has 2 atom stereocenters. The molecule has 2 N–H and O–H groups in total. The summed E-state index contributed by atoms with van der Waals surface area (Å²) in [6, 6.07) is 0.0866. The molecule has 13 heteroatoms. The van der Waals surface area contributed by atoms with Gasteiger partial charge in [-0.2, -0.15) is 13.2 Å². The van der Waals surface area contributed by atoms with Gasteiger partial charge in [-0.05, 0) is 26.3 Å². The Morgan fingerprint density at radius 1 is 1.50 bits per heavy atom. The normalized spacial score (nSPS) is 21.4. The zero-order chi connectivity index (χ0) is 21.2. The summed E-state index contributed by atoms with van der Waals surface area (Å²) < 4.78 is 71.2. The van der Waals surface area contributed by atoms with Crippen molar-refractivity contribution in [3.8, 4) is 5.75 Å². The second kappa shape index (κ2) is 8.39. The van der Waals surface area contributed by atoms with E-state index in [0.717, 1.165) is 0 Å². The highest BCUT2D eigenvalue weighted by Crippen LogP contribution is 2.24.